The summed E-state index contributed by atoms with van der Waals surface area (Å²) in [6, 6.07) is 6.29. The predicted molar refractivity (Wildman–Crippen MR) is 89.2 cm³/mol. The Morgan fingerprint density at radius 1 is 1.30 bits per heavy atom. The Kier molecular flexibility index (Phi) is 5.69. The van der Waals surface area contributed by atoms with E-state index >= 15 is 0 Å². The van der Waals surface area contributed by atoms with Crippen LogP contribution in [0.25, 0.3) is 10.6 Å². The van der Waals surface area contributed by atoms with Crippen molar-refractivity contribution in [2.75, 3.05) is 13.1 Å². The third-order valence-electron chi connectivity index (χ3n) is 2.94. The van der Waals surface area contributed by atoms with Crippen molar-refractivity contribution in [1.29, 1.82) is 0 Å². The minimum Gasteiger partial charge on any atom is -0.316 e. The molecule has 0 atom stereocenters. The van der Waals surface area contributed by atoms with Gasteiger partial charge in [-0.2, -0.15) is 0 Å². The molecule has 1 heterocycles. The molecule has 108 valence electrons. The van der Waals surface area contributed by atoms with Gasteiger partial charge in [-0.05, 0) is 37.1 Å². The van der Waals surface area contributed by atoms with Crippen molar-refractivity contribution in [1.82, 2.24) is 15.5 Å². The van der Waals surface area contributed by atoms with Crippen LogP contribution in [0.5, 0.6) is 0 Å². The van der Waals surface area contributed by atoms with Gasteiger partial charge >= 0.3 is 0 Å². The van der Waals surface area contributed by atoms with E-state index in [9.17, 15) is 0 Å². The van der Waals surface area contributed by atoms with Crippen molar-refractivity contribution in [2.45, 2.75) is 27.2 Å². The lowest BCUT2D eigenvalue weighted by Gasteiger charge is -2.05. The zero-order valence-corrected chi connectivity index (χ0v) is 14.5. The summed E-state index contributed by atoms with van der Waals surface area (Å²) in [4.78, 5) is 0. The van der Waals surface area contributed by atoms with Gasteiger partial charge in [0.2, 0.25) is 0 Å². The van der Waals surface area contributed by atoms with Crippen molar-refractivity contribution in [2.24, 2.45) is 5.92 Å². The summed E-state index contributed by atoms with van der Waals surface area (Å²) in [7, 11) is 0. The molecule has 5 heteroatoms. The Hall–Kier alpha value is -0.780. The predicted octanol–water partition coefficient (Wildman–Crippen LogP) is 4.06. The second-order valence-corrected chi connectivity index (χ2v) is 7.23. The van der Waals surface area contributed by atoms with E-state index in [4.69, 9.17) is 0 Å². The van der Waals surface area contributed by atoms with Crippen LogP contribution in [0.2, 0.25) is 0 Å². The van der Waals surface area contributed by atoms with Crippen molar-refractivity contribution in [3.8, 4) is 10.6 Å². The van der Waals surface area contributed by atoms with Crippen LogP contribution in [-0.2, 0) is 6.42 Å². The van der Waals surface area contributed by atoms with E-state index in [-0.39, 0.29) is 0 Å². The number of rotatable bonds is 6. The molecular formula is C15H20BrN3S. The zero-order chi connectivity index (χ0) is 14.5. The highest BCUT2D eigenvalue weighted by atomic mass is 79.9. The Morgan fingerprint density at radius 3 is 2.80 bits per heavy atom. The first-order chi connectivity index (χ1) is 9.56. The Morgan fingerprint density at radius 2 is 2.10 bits per heavy atom. The molecule has 0 aliphatic rings. The number of halogens is 1. The minimum absolute atomic E-state index is 0.686. The molecule has 0 fully saturated rings. The quantitative estimate of drug-likeness (QED) is 0.795. The van der Waals surface area contributed by atoms with Gasteiger partial charge in [0.1, 0.15) is 10.0 Å². The average Bonchev–Trinajstić information content (AvgIpc) is 2.86. The fourth-order valence-electron chi connectivity index (χ4n) is 1.84. The van der Waals surface area contributed by atoms with Crippen LogP contribution in [0.15, 0.2) is 22.7 Å². The minimum atomic E-state index is 0.686. The smallest absolute Gasteiger partial charge is 0.147 e. The van der Waals surface area contributed by atoms with Crippen molar-refractivity contribution >= 4 is 27.3 Å². The first-order valence-corrected chi connectivity index (χ1v) is 8.47. The van der Waals surface area contributed by atoms with Crippen LogP contribution in [0.1, 0.15) is 24.4 Å². The van der Waals surface area contributed by atoms with Crippen molar-refractivity contribution in [3.63, 3.8) is 0 Å². The van der Waals surface area contributed by atoms with Gasteiger partial charge in [-0.25, -0.2) is 0 Å². The summed E-state index contributed by atoms with van der Waals surface area (Å²) in [5, 5.41) is 14.1. The molecule has 0 bridgehead atoms. The summed E-state index contributed by atoms with van der Waals surface area (Å²) in [5.41, 5.74) is 2.36. The van der Waals surface area contributed by atoms with Crippen LogP contribution < -0.4 is 5.32 Å². The van der Waals surface area contributed by atoms with Crippen LogP contribution in [-0.4, -0.2) is 23.3 Å². The maximum absolute atomic E-state index is 4.30. The lowest BCUT2D eigenvalue weighted by molar-refractivity contribution is 0.553. The molecule has 0 spiro atoms. The molecule has 0 amide bonds. The molecule has 1 N–H and O–H groups in total. The van der Waals surface area contributed by atoms with Crippen molar-refractivity contribution < 1.29 is 0 Å². The number of hydrogen-bond acceptors (Lipinski definition) is 4. The molecule has 1 aromatic heterocycles. The van der Waals surface area contributed by atoms with Gasteiger partial charge in [0, 0.05) is 23.0 Å². The Bertz CT molecular complexity index is 566. The molecule has 0 aliphatic carbocycles. The molecule has 3 nitrogen and oxygen atoms in total. The van der Waals surface area contributed by atoms with Gasteiger partial charge in [0.25, 0.3) is 0 Å². The zero-order valence-electron chi connectivity index (χ0n) is 12.1. The van der Waals surface area contributed by atoms with E-state index in [0.29, 0.717) is 5.92 Å². The van der Waals surface area contributed by atoms with Gasteiger partial charge in [-0.1, -0.05) is 47.2 Å². The Labute approximate surface area is 133 Å². The summed E-state index contributed by atoms with van der Waals surface area (Å²) in [6.45, 7) is 8.53. The first-order valence-electron chi connectivity index (χ1n) is 6.86. The van der Waals surface area contributed by atoms with Gasteiger partial charge in [0.15, 0.2) is 0 Å². The molecule has 0 aliphatic heterocycles. The lowest BCUT2D eigenvalue weighted by atomic mass is 10.1. The largest absolute Gasteiger partial charge is 0.316 e. The Balaban J connectivity index is 1.96. The van der Waals surface area contributed by atoms with E-state index in [0.717, 1.165) is 39.6 Å². The van der Waals surface area contributed by atoms with E-state index < -0.39 is 0 Å². The highest BCUT2D eigenvalue weighted by Crippen LogP contribution is 2.27. The number of nitrogens with zero attached hydrogens (tertiary/aromatic N) is 2. The molecular weight excluding hydrogens is 334 g/mol. The lowest BCUT2D eigenvalue weighted by Crippen LogP contribution is -2.22. The van der Waals surface area contributed by atoms with Crippen LogP contribution in [0.3, 0.4) is 0 Å². The highest BCUT2D eigenvalue weighted by Gasteiger charge is 2.07. The molecule has 20 heavy (non-hydrogen) atoms. The van der Waals surface area contributed by atoms with E-state index in [2.05, 4.69) is 70.4 Å². The number of aryl methyl sites for hydroxylation is 1. The number of hydrogen-bond donors (Lipinski definition) is 1. The maximum atomic E-state index is 4.30. The normalized spacial score (nSPS) is 11.2. The van der Waals surface area contributed by atoms with Crippen LogP contribution in [0, 0.1) is 12.8 Å². The summed E-state index contributed by atoms with van der Waals surface area (Å²) in [5.74, 6) is 0.686. The molecule has 0 saturated carbocycles. The maximum Gasteiger partial charge on any atom is 0.147 e. The highest BCUT2D eigenvalue weighted by molar-refractivity contribution is 9.10. The molecule has 0 unspecified atom stereocenters. The average molecular weight is 354 g/mol. The van der Waals surface area contributed by atoms with Gasteiger partial charge in [-0.3, -0.25) is 0 Å². The van der Waals surface area contributed by atoms with E-state index in [1.165, 1.54) is 5.56 Å². The van der Waals surface area contributed by atoms with Crippen molar-refractivity contribution in [3.05, 3.63) is 33.2 Å². The number of nitrogens with one attached hydrogen (secondary N) is 1. The fraction of sp³-hybridized carbons (Fsp3) is 0.467. The SMILES string of the molecule is Cc1cc(-c2nnc(CCNCC(C)C)s2)ccc1Br. The van der Waals surface area contributed by atoms with Gasteiger partial charge < -0.3 is 5.32 Å². The molecule has 0 saturated heterocycles. The van der Waals surface area contributed by atoms with E-state index in [1.807, 2.05) is 0 Å². The van der Waals surface area contributed by atoms with Gasteiger partial charge in [-0.15, -0.1) is 10.2 Å². The standard InChI is InChI=1S/C15H20BrN3S/c1-10(2)9-17-7-6-14-18-19-15(20-14)12-4-5-13(16)11(3)8-12/h4-5,8,10,17H,6-7,9H2,1-3H3. The number of aromatic nitrogens is 2. The molecule has 2 aromatic rings. The second kappa shape index (κ2) is 7.29. The first kappa shape index (κ1) is 15.6. The molecule has 2 rings (SSSR count). The second-order valence-electron chi connectivity index (χ2n) is 5.31. The molecule has 0 radical (unpaired) electrons. The summed E-state index contributed by atoms with van der Waals surface area (Å²) < 4.78 is 1.13. The van der Waals surface area contributed by atoms with Gasteiger partial charge in [0.05, 0.1) is 0 Å². The summed E-state index contributed by atoms with van der Waals surface area (Å²) in [6.07, 6.45) is 0.944. The monoisotopic (exact) mass is 353 g/mol. The van der Waals surface area contributed by atoms with Crippen LogP contribution in [0.4, 0.5) is 0 Å². The summed E-state index contributed by atoms with van der Waals surface area (Å²) >= 11 is 5.20. The topological polar surface area (TPSA) is 37.8 Å². The van der Waals surface area contributed by atoms with Crippen LogP contribution >= 0.6 is 27.3 Å². The fourth-order valence-corrected chi connectivity index (χ4v) is 2.92. The van der Waals surface area contributed by atoms with E-state index in [1.54, 1.807) is 11.3 Å². The number of benzene rings is 1. The third-order valence-corrected chi connectivity index (χ3v) is 4.86. The third kappa shape index (κ3) is 4.36. The molecule has 1 aromatic carbocycles.